The molecule has 1 spiro atoms. The molecule has 0 atom stereocenters. The number of halogens is 2. The molecule has 2 fully saturated rings. The molecule has 19 heavy (non-hydrogen) atoms. The number of anilines is 1. The lowest BCUT2D eigenvalue weighted by molar-refractivity contribution is 0.144. The van der Waals surface area contributed by atoms with E-state index in [0.29, 0.717) is 11.1 Å². The summed E-state index contributed by atoms with van der Waals surface area (Å²) < 4.78 is 13.2. The van der Waals surface area contributed by atoms with Gasteiger partial charge in [0.2, 0.25) is 0 Å². The Kier molecular flexibility index (Phi) is 3.09. The third kappa shape index (κ3) is 2.39. The van der Waals surface area contributed by atoms with Gasteiger partial charge in [-0.3, -0.25) is 0 Å². The van der Waals surface area contributed by atoms with Gasteiger partial charge in [0, 0.05) is 19.2 Å². The molecule has 1 N–H and O–H groups in total. The van der Waals surface area contributed by atoms with Gasteiger partial charge in [-0.2, -0.15) is 0 Å². The number of urea groups is 1. The summed E-state index contributed by atoms with van der Waals surface area (Å²) in [7, 11) is 0. The molecular formula is C13H15ClFN3O. The van der Waals surface area contributed by atoms with Crippen molar-refractivity contribution in [1.29, 1.82) is 0 Å². The fraction of sp³-hybridized carbons (Fsp3) is 0.538. The van der Waals surface area contributed by atoms with Crippen LogP contribution in [0.5, 0.6) is 0 Å². The van der Waals surface area contributed by atoms with Gasteiger partial charge in [0.1, 0.15) is 0 Å². The molecule has 0 bridgehead atoms. The highest BCUT2D eigenvalue weighted by atomic mass is 35.5. The zero-order valence-corrected chi connectivity index (χ0v) is 11.2. The minimum Gasteiger partial charge on any atom is -0.324 e. The molecule has 0 radical (unpaired) electrons. The third-order valence-electron chi connectivity index (χ3n) is 4.19. The number of nitrogens with one attached hydrogen (secondary N) is 1. The van der Waals surface area contributed by atoms with Crippen molar-refractivity contribution in [2.24, 2.45) is 5.41 Å². The Morgan fingerprint density at radius 1 is 1.47 bits per heavy atom. The van der Waals surface area contributed by atoms with Crippen LogP contribution >= 0.6 is 11.6 Å². The van der Waals surface area contributed by atoms with Crippen LogP contribution in [0.1, 0.15) is 25.7 Å². The number of amides is 2. The fourth-order valence-corrected chi connectivity index (χ4v) is 2.99. The second-order valence-electron chi connectivity index (χ2n) is 5.45. The SMILES string of the molecule is O=C(Nc1cnc(Cl)c(F)c1)N1CCC2(CCC2)C1. The number of hydrogen-bond donors (Lipinski definition) is 1. The first-order valence-corrected chi connectivity index (χ1v) is 6.83. The van der Waals surface area contributed by atoms with E-state index >= 15 is 0 Å². The Labute approximate surface area is 115 Å². The van der Waals surface area contributed by atoms with Gasteiger partial charge >= 0.3 is 6.03 Å². The van der Waals surface area contributed by atoms with Gasteiger partial charge in [-0.1, -0.05) is 18.0 Å². The molecule has 0 unspecified atom stereocenters. The van der Waals surface area contributed by atoms with Crippen molar-refractivity contribution in [3.05, 3.63) is 23.2 Å². The Morgan fingerprint density at radius 2 is 2.26 bits per heavy atom. The van der Waals surface area contributed by atoms with Gasteiger partial charge in [0.05, 0.1) is 11.9 Å². The molecular weight excluding hydrogens is 269 g/mol. The molecule has 2 amide bonds. The minimum absolute atomic E-state index is 0.187. The van der Waals surface area contributed by atoms with Crippen LogP contribution < -0.4 is 5.32 Å². The van der Waals surface area contributed by atoms with Gasteiger partial charge in [-0.25, -0.2) is 14.2 Å². The van der Waals surface area contributed by atoms with Crippen LogP contribution in [0.25, 0.3) is 0 Å². The van der Waals surface area contributed by atoms with Gasteiger partial charge in [-0.15, -0.1) is 0 Å². The molecule has 1 saturated heterocycles. The summed E-state index contributed by atoms with van der Waals surface area (Å²) in [5.74, 6) is -0.628. The van der Waals surface area contributed by atoms with Crippen molar-refractivity contribution in [1.82, 2.24) is 9.88 Å². The van der Waals surface area contributed by atoms with Crippen molar-refractivity contribution in [2.75, 3.05) is 18.4 Å². The summed E-state index contributed by atoms with van der Waals surface area (Å²) in [6, 6.07) is 0.995. The summed E-state index contributed by atoms with van der Waals surface area (Å²) in [5, 5.41) is 2.48. The minimum atomic E-state index is -0.628. The van der Waals surface area contributed by atoms with Gasteiger partial charge in [0.15, 0.2) is 11.0 Å². The number of aromatic nitrogens is 1. The first-order valence-electron chi connectivity index (χ1n) is 6.45. The summed E-state index contributed by atoms with van der Waals surface area (Å²) >= 11 is 5.50. The van der Waals surface area contributed by atoms with Crippen molar-refractivity contribution >= 4 is 23.3 Å². The highest BCUT2D eigenvalue weighted by Gasteiger charge is 2.44. The maximum atomic E-state index is 13.2. The van der Waals surface area contributed by atoms with E-state index < -0.39 is 5.82 Å². The first kappa shape index (κ1) is 12.7. The van der Waals surface area contributed by atoms with E-state index in [4.69, 9.17) is 11.6 Å². The number of nitrogens with zero attached hydrogens (tertiary/aromatic N) is 2. The monoisotopic (exact) mass is 283 g/mol. The topological polar surface area (TPSA) is 45.2 Å². The molecule has 1 aromatic heterocycles. The average molecular weight is 284 g/mol. The van der Waals surface area contributed by atoms with Crippen molar-refractivity contribution in [3.63, 3.8) is 0 Å². The summed E-state index contributed by atoms with van der Waals surface area (Å²) in [4.78, 5) is 17.5. The predicted molar refractivity (Wildman–Crippen MR) is 70.7 cm³/mol. The van der Waals surface area contributed by atoms with Crippen LogP contribution in [-0.4, -0.2) is 29.0 Å². The van der Waals surface area contributed by atoms with Crippen LogP contribution in [0.3, 0.4) is 0 Å². The molecule has 1 aromatic rings. The Hall–Kier alpha value is -1.36. The highest BCUT2D eigenvalue weighted by molar-refractivity contribution is 6.29. The maximum absolute atomic E-state index is 13.2. The first-order chi connectivity index (χ1) is 9.08. The lowest BCUT2D eigenvalue weighted by atomic mass is 9.68. The highest BCUT2D eigenvalue weighted by Crippen LogP contribution is 2.47. The van der Waals surface area contributed by atoms with Crippen LogP contribution in [0.2, 0.25) is 5.15 Å². The van der Waals surface area contributed by atoms with E-state index in [2.05, 4.69) is 10.3 Å². The van der Waals surface area contributed by atoms with Crippen LogP contribution in [0, 0.1) is 11.2 Å². The number of hydrogen-bond acceptors (Lipinski definition) is 2. The summed E-state index contributed by atoms with van der Waals surface area (Å²) in [6.07, 6.45) is 6.13. The van der Waals surface area contributed by atoms with E-state index in [-0.39, 0.29) is 11.2 Å². The lowest BCUT2D eigenvalue weighted by Gasteiger charge is -2.37. The predicted octanol–water partition coefficient (Wildman–Crippen LogP) is 3.28. The molecule has 1 aliphatic heterocycles. The standard InChI is InChI=1S/C13H15ClFN3O/c14-11-10(15)6-9(7-16-11)17-12(19)18-5-4-13(8-18)2-1-3-13/h6-7H,1-5,8H2,(H,17,19). The number of likely N-dealkylation sites (tertiary alicyclic amines) is 1. The largest absolute Gasteiger partial charge is 0.324 e. The number of carbonyl (C=O) groups excluding carboxylic acids is 1. The smallest absolute Gasteiger partial charge is 0.321 e. The van der Waals surface area contributed by atoms with Crippen molar-refractivity contribution in [3.8, 4) is 0 Å². The summed E-state index contributed by atoms with van der Waals surface area (Å²) in [5.41, 5.74) is 0.697. The molecule has 6 heteroatoms. The van der Waals surface area contributed by atoms with E-state index in [0.717, 1.165) is 19.5 Å². The van der Waals surface area contributed by atoms with E-state index in [9.17, 15) is 9.18 Å². The van der Waals surface area contributed by atoms with Gasteiger partial charge in [-0.05, 0) is 24.7 Å². The van der Waals surface area contributed by atoms with Gasteiger partial charge in [0.25, 0.3) is 0 Å². The average Bonchev–Trinajstić information content (AvgIpc) is 2.79. The van der Waals surface area contributed by atoms with Crippen molar-refractivity contribution < 1.29 is 9.18 Å². The zero-order chi connectivity index (χ0) is 13.5. The van der Waals surface area contributed by atoms with E-state index in [1.807, 2.05) is 0 Å². The molecule has 2 aliphatic rings. The number of pyridine rings is 1. The summed E-state index contributed by atoms with van der Waals surface area (Å²) in [6.45, 7) is 1.58. The second kappa shape index (κ2) is 4.63. The Bertz CT molecular complexity index is 519. The van der Waals surface area contributed by atoms with Gasteiger partial charge < -0.3 is 10.2 Å². The Balaban J connectivity index is 1.63. The van der Waals surface area contributed by atoms with Crippen LogP contribution in [0.4, 0.5) is 14.9 Å². The van der Waals surface area contributed by atoms with Crippen molar-refractivity contribution in [2.45, 2.75) is 25.7 Å². The molecule has 1 aliphatic carbocycles. The fourth-order valence-electron chi connectivity index (χ4n) is 2.89. The number of rotatable bonds is 1. The number of carbonyl (C=O) groups is 1. The lowest BCUT2D eigenvalue weighted by Crippen LogP contribution is -2.37. The normalized spacial score (nSPS) is 20.4. The van der Waals surface area contributed by atoms with E-state index in [1.165, 1.54) is 31.5 Å². The van der Waals surface area contributed by atoms with Crippen LogP contribution in [-0.2, 0) is 0 Å². The molecule has 3 rings (SSSR count). The molecule has 4 nitrogen and oxygen atoms in total. The maximum Gasteiger partial charge on any atom is 0.321 e. The zero-order valence-electron chi connectivity index (χ0n) is 10.5. The molecule has 2 heterocycles. The van der Waals surface area contributed by atoms with Crippen LogP contribution in [0.15, 0.2) is 12.3 Å². The quantitative estimate of drug-likeness (QED) is 0.804. The second-order valence-corrected chi connectivity index (χ2v) is 5.81. The van der Waals surface area contributed by atoms with E-state index in [1.54, 1.807) is 4.90 Å². The third-order valence-corrected chi connectivity index (χ3v) is 4.47. The Morgan fingerprint density at radius 3 is 2.84 bits per heavy atom. The molecule has 102 valence electrons. The molecule has 1 saturated carbocycles. The molecule has 0 aromatic carbocycles.